The van der Waals surface area contributed by atoms with Crippen LogP contribution in [-0.2, 0) is 11.2 Å². The predicted molar refractivity (Wildman–Crippen MR) is 81.4 cm³/mol. The van der Waals surface area contributed by atoms with E-state index >= 15 is 0 Å². The molecule has 0 aliphatic heterocycles. The maximum absolute atomic E-state index is 12.2. The minimum atomic E-state index is -0.199. The number of halogens is 1. The SMILES string of the molecule is COc1cccc(CC(=O)NC2(CCl)CCCCC2)c1. The van der Waals surface area contributed by atoms with Gasteiger partial charge in [-0.2, -0.15) is 0 Å². The van der Waals surface area contributed by atoms with Gasteiger partial charge >= 0.3 is 0 Å². The van der Waals surface area contributed by atoms with Gasteiger partial charge in [-0.3, -0.25) is 4.79 Å². The lowest BCUT2D eigenvalue weighted by Crippen LogP contribution is -2.51. The zero-order chi connectivity index (χ0) is 14.4. The van der Waals surface area contributed by atoms with Gasteiger partial charge in [0.2, 0.25) is 5.91 Å². The van der Waals surface area contributed by atoms with Gasteiger partial charge in [-0.1, -0.05) is 31.4 Å². The van der Waals surface area contributed by atoms with Gasteiger partial charge < -0.3 is 10.1 Å². The van der Waals surface area contributed by atoms with Crippen LogP contribution in [0.3, 0.4) is 0 Å². The van der Waals surface area contributed by atoms with Crippen molar-refractivity contribution in [1.29, 1.82) is 0 Å². The molecule has 0 radical (unpaired) electrons. The van der Waals surface area contributed by atoms with Crippen molar-refractivity contribution in [3.63, 3.8) is 0 Å². The molecule has 0 bridgehead atoms. The number of hydrogen-bond acceptors (Lipinski definition) is 2. The molecule has 0 atom stereocenters. The van der Waals surface area contributed by atoms with Crippen molar-refractivity contribution in [2.45, 2.75) is 44.1 Å². The van der Waals surface area contributed by atoms with E-state index < -0.39 is 0 Å². The van der Waals surface area contributed by atoms with E-state index in [4.69, 9.17) is 16.3 Å². The average Bonchev–Trinajstić information content (AvgIpc) is 2.48. The summed E-state index contributed by atoms with van der Waals surface area (Å²) in [5.41, 5.74) is 0.762. The Labute approximate surface area is 125 Å². The molecule has 1 saturated carbocycles. The van der Waals surface area contributed by atoms with Crippen LogP contribution >= 0.6 is 11.6 Å². The van der Waals surface area contributed by atoms with Gasteiger partial charge in [0, 0.05) is 5.88 Å². The topological polar surface area (TPSA) is 38.3 Å². The second kappa shape index (κ2) is 6.98. The minimum Gasteiger partial charge on any atom is -0.497 e. The van der Waals surface area contributed by atoms with E-state index in [1.165, 1.54) is 6.42 Å². The number of carbonyl (C=O) groups is 1. The number of benzene rings is 1. The summed E-state index contributed by atoms with van der Waals surface area (Å²) in [7, 11) is 1.63. The quantitative estimate of drug-likeness (QED) is 0.847. The van der Waals surface area contributed by atoms with Gasteiger partial charge in [-0.25, -0.2) is 0 Å². The molecule has 1 aromatic rings. The summed E-state index contributed by atoms with van der Waals surface area (Å²) in [6, 6.07) is 7.62. The van der Waals surface area contributed by atoms with E-state index in [9.17, 15) is 4.79 Å². The standard InChI is InChI=1S/C16H22ClNO2/c1-20-14-7-5-6-13(10-14)11-15(19)18-16(12-17)8-3-2-4-9-16/h5-7,10H,2-4,8-9,11-12H2,1H3,(H,18,19). The molecular weight excluding hydrogens is 274 g/mol. The summed E-state index contributed by atoms with van der Waals surface area (Å²) in [5, 5.41) is 3.16. The van der Waals surface area contributed by atoms with Crippen LogP contribution < -0.4 is 10.1 Å². The van der Waals surface area contributed by atoms with Gasteiger partial charge in [0.05, 0.1) is 19.1 Å². The van der Waals surface area contributed by atoms with Crippen LogP contribution in [0.1, 0.15) is 37.7 Å². The van der Waals surface area contributed by atoms with Gasteiger partial charge in [-0.05, 0) is 30.5 Å². The molecule has 1 aliphatic carbocycles. The minimum absolute atomic E-state index is 0.0424. The average molecular weight is 296 g/mol. The molecule has 0 heterocycles. The van der Waals surface area contributed by atoms with Crippen molar-refractivity contribution in [3.8, 4) is 5.75 Å². The highest BCUT2D eigenvalue weighted by Gasteiger charge is 2.32. The Morgan fingerprint density at radius 3 is 2.75 bits per heavy atom. The van der Waals surface area contributed by atoms with Crippen LogP contribution in [0.25, 0.3) is 0 Å². The summed E-state index contributed by atoms with van der Waals surface area (Å²) in [5.74, 6) is 1.32. The van der Waals surface area contributed by atoms with Crippen molar-refractivity contribution in [2.24, 2.45) is 0 Å². The predicted octanol–water partition coefficient (Wildman–Crippen LogP) is 3.30. The van der Waals surface area contributed by atoms with Gasteiger partial charge in [0.25, 0.3) is 0 Å². The number of methoxy groups -OCH3 is 1. The molecule has 1 aromatic carbocycles. The molecule has 110 valence electrons. The lowest BCUT2D eigenvalue weighted by atomic mass is 9.83. The van der Waals surface area contributed by atoms with Crippen molar-refractivity contribution in [2.75, 3.05) is 13.0 Å². The highest BCUT2D eigenvalue weighted by Crippen LogP contribution is 2.29. The number of rotatable bonds is 5. The lowest BCUT2D eigenvalue weighted by molar-refractivity contribution is -0.122. The van der Waals surface area contributed by atoms with Crippen LogP contribution in [0, 0.1) is 0 Å². The number of hydrogen-bond donors (Lipinski definition) is 1. The number of ether oxygens (including phenoxy) is 1. The van der Waals surface area contributed by atoms with Crippen LogP contribution in [0.2, 0.25) is 0 Å². The highest BCUT2D eigenvalue weighted by atomic mass is 35.5. The summed E-state index contributed by atoms with van der Waals surface area (Å²) in [6.45, 7) is 0. The van der Waals surface area contributed by atoms with E-state index in [1.807, 2.05) is 24.3 Å². The Bertz CT molecular complexity index is 456. The zero-order valence-corrected chi connectivity index (χ0v) is 12.7. The molecule has 20 heavy (non-hydrogen) atoms. The fraction of sp³-hybridized carbons (Fsp3) is 0.562. The van der Waals surface area contributed by atoms with Gasteiger partial charge in [0.15, 0.2) is 0 Å². The maximum Gasteiger partial charge on any atom is 0.224 e. The van der Waals surface area contributed by atoms with E-state index in [-0.39, 0.29) is 11.4 Å². The maximum atomic E-state index is 12.2. The van der Waals surface area contributed by atoms with Crippen molar-refractivity contribution in [1.82, 2.24) is 5.32 Å². The first-order valence-electron chi connectivity index (χ1n) is 7.17. The van der Waals surface area contributed by atoms with E-state index in [2.05, 4.69) is 5.32 Å². The molecule has 1 fully saturated rings. The fourth-order valence-electron chi connectivity index (χ4n) is 2.83. The first-order chi connectivity index (χ1) is 9.67. The Hall–Kier alpha value is -1.22. The molecule has 0 spiro atoms. The molecule has 4 heteroatoms. The molecule has 2 rings (SSSR count). The van der Waals surface area contributed by atoms with E-state index in [0.29, 0.717) is 12.3 Å². The summed E-state index contributed by atoms with van der Waals surface area (Å²) >= 11 is 6.10. The molecular formula is C16H22ClNO2. The molecule has 1 N–H and O–H groups in total. The Balaban J connectivity index is 1.97. The second-order valence-electron chi connectivity index (χ2n) is 5.55. The molecule has 0 aromatic heterocycles. The third kappa shape index (κ3) is 3.89. The summed E-state index contributed by atoms with van der Waals surface area (Å²) < 4.78 is 5.17. The fourth-order valence-corrected chi connectivity index (χ4v) is 3.16. The molecule has 3 nitrogen and oxygen atoms in total. The Morgan fingerprint density at radius 2 is 2.10 bits per heavy atom. The summed E-state index contributed by atoms with van der Waals surface area (Å²) in [6.07, 6.45) is 5.87. The normalized spacial score (nSPS) is 17.5. The van der Waals surface area contributed by atoms with Crippen LogP contribution in [-0.4, -0.2) is 24.4 Å². The van der Waals surface area contributed by atoms with Crippen molar-refractivity contribution >= 4 is 17.5 Å². The van der Waals surface area contributed by atoms with Crippen LogP contribution in [0.4, 0.5) is 0 Å². The second-order valence-corrected chi connectivity index (χ2v) is 5.82. The van der Waals surface area contributed by atoms with Gasteiger partial charge in [0.1, 0.15) is 5.75 Å². The molecule has 0 unspecified atom stereocenters. The first-order valence-corrected chi connectivity index (χ1v) is 7.71. The summed E-state index contributed by atoms with van der Waals surface area (Å²) in [4.78, 5) is 12.2. The van der Waals surface area contributed by atoms with Crippen LogP contribution in [0.5, 0.6) is 5.75 Å². The number of carbonyl (C=O) groups excluding carboxylic acids is 1. The third-order valence-corrected chi connectivity index (χ3v) is 4.48. The smallest absolute Gasteiger partial charge is 0.224 e. The molecule has 1 amide bonds. The third-order valence-electron chi connectivity index (χ3n) is 3.97. The highest BCUT2D eigenvalue weighted by molar-refractivity contribution is 6.18. The van der Waals surface area contributed by atoms with E-state index in [0.717, 1.165) is 37.0 Å². The van der Waals surface area contributed by atoms with Crippen molar-refractivity contribution < 1.29 is 9.53 Å². The Kier molecular flexibility index (Phi) is 5.30. The monoisotopic (exact) mass is 295 g/mol. The first kappa shape index (κ1) is 15.2. The molecule has 1 aliphatic rings. The van der Waals surface area contributed by atoms with E-state index in [1.54, 1.807) is 7.11 Å². The lowest BCUT2D eigenvalue weighted by Gasteiger charge is -2.36. The number of alkyl halides is 1. The van der Waals surface area contributed by atoms with Crippen molar-refractivity contribution in [3.05, 3.63) is 29.8 Å². The molecule has 0 saturated heterocycles. The Morgan fingerprint density at radius 1 is 1.35 bits per heavy atom. The van der Waals surface area contributed by atoms with Gasteiger partial charge in [-0.15, -0.1) is 11.6 Å². The number of amides is 1. The zero-order valence-electron chi connectivity index (χ0n) is 12.0. The number of nitrogens with one attached hydrogen (secondary N) is 1. The largest absolute Gasteiger partial charge is 0.497 e. The van der Waals surface area contributed by atoms with Crippen LogP contribution in [0.15, 0.2) is 24.3 Å².